The van der Waals surface area contributed by atoms with Gasteiger partial charge >= 0.3 is 11.9 Å². The highest BCUT2D eigenvalue weighted by molar-refractivity contribution is 6.11. The molecular formula is C23H19FN2O5. The Kier molecular flexibility index (Phi) is 6.61. The molecule has 0 atom stereocenters. The van der Waals surface area contributed by atoms with Gasteiger partial charge in [-0.1, -0.05) is 18.2 Å². The summed E-state index contributed by atoms with van der Waals surface area (Å²) in [5, 5.41) is 2.69. The molecule has 7 nitrogen and oxygen atoms in total. The number of esters is 2. The molecule has 1 amide bonds. The molecule has 0 saturated carbocycles. The molecule has 1 N–H and O–H groups in total. The first-order valence-corrected chi connectivity index (χ1v) is 9.17. The Hall–Kier alpha value is -4.20. The SMILES string of the molecule is COC(=O)C1=C(C(=O)OC)N(c2ccccc2C(=O)Nc2ccc(F)cc2)C=CC=C1. The highest BCUT2D eigenvalue weighted by atomic mass is 19.1. The Morgan fingerprint density at radius 1 is 0.903 bits per heavy atom. The van der Waals surface area contributed by atoms with E-state index in [0.717, 1.165) is 0 Å². The summed E-state index contributed by atoms with van der Waals surface area (Å²) in [6.45, 7) is 0. The number of para-hydroxylation sites is 1. The van der Waals surface area contributed by atoms with Gasteiger partial charge in [0.2, 0.25) is 0 Å². The highest BCUT2D eigenvalue weighted by Gasteiger charge is 2.29. The van der Waals surface area contributed by atoms with Gasteiger partial charge < -0.3 is 19.7 Å². The molecule has 0 fully saturated rings. The second-order valence-electron chi connectivity index (χ2n) is 6.29. The summed E-state index contributed by atoms with van der Waals surface area (Å²) in [6.07, 6.45) is 6.13. The lowest BCUT2D eigenvalue weighted by atomic mass is 10.1. The van der Waals surface area contributed by atoms with Crippen LogP contribution in [0.25, 0.3) is 0 Å². The van der Waals surface area contributed by atoms with E-state index in [9.17, 15) is 18.8 Å². The van der Waals surface area contributed by atoms with E-state index in [4.69, 9.17) is 9.47 Å². The van der Waals surface area contributed by atoms with Crippen LogP contribution in [-0.4, -0.2) is 32.1 Å². The molecule has 1 aliphatic heterocycles. The van der Waals surface area contributed by atoms with Gasteiger partial charge in [0.25, 0.3) is 5.91 Å². The zero-order valence-electron chi connectivity index (χ0n) is 16.8. The Morgan fingerprint density at radius 3 is 2.26 bits per heavy atom. The van der Waals surface area contributed by atoms with Crippen LogP contribution in [0.4, 0.5) is 15.8 Å². The van der Waals surface area contributed by atoms with Crippen molar-refractivity contribution >= 4 is 29.2 Å². The summed E-state index contributed by atoms with van der Waals surface area (Å²) in [7, 11) is 2.39. The van der Waals surface area contributed by atoms with Crippen LogP contribution in [0.1, 0.15) is 10.4 Å². The molecule has 31 heavy (non-hydrogen) atoms. The van der Waals surface area contributed by atoms with Crippen LogP contribution in [-0.2, 0) is 19.1 Å². The summed E-state index contributed by atoms with van der Waals surface area (Å²) >= 11 is 0. The number of carbonyl (C=O) groups excluding carboxylic acids is 3. The average molecular weight is 422 g/mol. The number of allylic oxidation sites excluding steroid dienone is 2. The minimum atomic E-state index is -0.787. The number of carbonyl (C=O) groups is 3. The van der Waals surface area contributed by atoms with Crippen LogP contribution in [0.2, 0.25) is 0 Å². The van der Waals surface area contributed by atoms with E-state index >= 15 is 0 Å². The largest absolute Gasteiger partial charge is 0.465 e. The molecule has 2 aromatic carbocycles. The maximum absolute atomic E-state index is 13.2. The van der Waals surface area contributed by atoms with Crippen molar-refractivity contribution in [3.05, 3.63) is 95.6 Å². The molecule has 3 rings (SSSR count). The number of hydrogen-bond donors (Lipinski definition) is 1. The van der Waals surface area contributed by atoms with Crippen LogP contribution in [0.5, 0.6) is 0 Å². The zero-order valence-corrected chi connectivity index (χ0v) is 16.8. The van der Waals surface area contributed by atoms with Crippen LogP contribution in [0.3, 0.4) is 0 Å². The Labute approximate surface area is 178 Å². The van der Waals surface area contributed by atoms with Crippen LogP contribution < -0.4 is 10.2 Å². The fraction of sp³-hybridized carbons (Fsp3) is 0.0870. The standard InChI is InChI=1S/C23H19FN2O5/c1-30-22(28)18-8-5-6-14-26(20(18)23(29)31-2)19-9-4-3-7-17(19)21(27)25-16-12-10-15(24)11-13-16/h3-14H,1-2H3,(H,25,27). The van der Waals surface area contributed by atoms with Gasteiger partial charge in [-0.05, 0) is 48.6 Å². The van der Waals surface area contributed by atoms with Crippen LogP contribution in [0.15, 0.2) is 84.2 Å². The van der Waals surface area contributed by atoms with Crippen LogP contribution >= 0.6 is 0 Å². The molecule has 0 radical (unpaired) electrons. The van der Waals surface area contributed by atoms with Crippen LogP contribution in [0, 0.1) is 5.82 Å². The fourth-order valence-electron chi connectivity index (χ4n) is 2.96. The van der Waals surface area contributed by atoms with E-state index in [2.05, 4.69) is 5.32 Å². The maximum atomic E-state index is 13.2. The first-order chi connectivity index (χ1) is 15.0. The number of anilines is 2. The fourth-order valence-corrected chi connectivity index (χ4v) is 2.96. The Balaban J connectivity index is 2.08. The van der Waals surface area contributed by atoms with Crippen molar-refractivity contribution in [2.75, 3.05) is 24.4 Å². The van der Waals surface area contributed by atoms with Gasteiger partial charge in [0.15, 0.2) is 0 Å². The molecule has 158 valence electrons. The zero-order chi connectivity index (χ0) is 22.4. The van der Waals surface area contributed by atoms with E-state index in [1.165, 1.54) is 55.7 Å². The molecule has 8 heteroatoms. The normalized spacial score (nSPS) is 12.9. The van der Waals surface area contributed by atoms with Crippen molar-refractivity contribution in [3.8, 4) is 0 Å². The number of halogens is 1. The van der Waals surface area contributed by atoms with Crippen molar-refractivity contribution in [2.45, 2.75) is 0 Å². The first kappa shape index (κ1) is 21.5. The Bertz CT molecular complexity index is 1100. The number of amides is 1. The lowest BCUT2D eigenvalue weighted by Crippen LogP contribution is -2.28. The number of nitrogens with zero attached hydrogens (tertiary/aromatic N) is 1. The first-order valence-electron chi connectivity index (χ1n) is 9.17. The number of ether oxygens (including phenoxy) is 2. The van der Waals surface area contributed by atoms with Crippen molar-refractivity contribution < 1.29 is 28.2 Å². The molecule has 0 bridgehead atoms. The maximum Gasteiger partial charge on any atom is 0.355 e. The quantitative estimate of drug-likeness (QED) is 0.742. The predicted octanol–water partition coefficient (Wildman–Crippen LogP) is 3.57. The van der Waals surface area contributed by atoms with Gasteiger partial charge in [-0.3, -0.25) is 4.79 Å². The third kappa shape index (κ3) is 4.69. The van der Waals surface area contributed by atoms with Gasteiger partial charge in [-0.25, -0.2) is 14.0 Å². The topological polar surface area (TPSA) is 84.9 Å². The second-order valence-corrected chi connectivity index (χ2v) is 6.29. The summed E-state index contributed by atoms with van der Waals surface area (Å²) < 4.78 is 22.8. The van der Waals surface area contributed by atoms with E-state index in [1.54, 1.807) is 36.4 Å². The second kappa shape index (κ2) is 9.53. The lowest BCUT2D eigenvalue weighted by Gasteiger charge is -2.25. The van der Waals surface area contributed by atoms with Crippen molar-refractivity contribution in [2.24, 2.45) is 0 Å². The predicted molar refractivity (Wildman–Crippen MR) is 113 cm³/mol. The number of nitrogens with one attached hydrogen (secondary N) is 1. The van der Waals surface area contributed by atoms with Crippen molar-refractivity contribution in [3.63, 3.8) is 0 Å². The molecule has 0 aromatic heterocycles. The molecule has 1 aliphatic rings. The number of rotatable bonds is 5. The summed E-state index contributed by atoms with van der Waals surface area (Å²) in [5.74, 6) is -2.44. The summed E-state index contributed by atoms with van der Waals surface area (Å²) in [5.41, 5.74) is 0.788. The number of benzene rings is 2. The average Bonchev–Trinajstić information content (AvgIpc) is 3.02. The highest BCUT2D eigenvalue weighted by Crippen LogP contribution is 2.29. The van der Waals surface area contributed by atoms with Crippen molar-refractivity contribution in [1.29, 1.82) is 0 Å². The van der Waals surface area contributed by atoms with Crippen molar-refractivity contribution in [1.82, 2.24) is 0 Å². The third-order valence-electron chi connectivity index (χ3n) is 4.40. The van der Waals surface area contributed by atoms with Gasteiger partial charge in [-0.15, -0.1) is 0 Å². The lowest BCUT2D eigenvalue weighted by molar-refractivity contribution is -0.139. The molecule has 0 unspecified atom stereocenters. The minimum absolute atomic E-state index is 0.0342. The smallest absolute Gasteiger partial charge is 0.355 e. The van der Waals surface area contributed by atoms with E-state index in [-0.39, 0.29) is 16.8 Å². The number of methoxy groups -OCH3 is 2. The summed E-state index contributed by atoms with van der Waals surface area (Å²) in [4.78, 5) is 39.3. The minimum Gasteiger partial charge on any atom is -0.465 e. The van der Waals surface area contributed by atoms with E-state index in [1.807, 2.05) is 0 Å². The van der Waals surface area contributed by atoms with E-state index < -0.39 is 23.7 Å². The van der Waals surface area contributed by atoms with Gasteiger partial charge in [0, 0.05) is 11.9 Å². The molecule has 0 spiro atoms. The summed E-state index contributed by atoms with van der Waals surface area (Å²) in [6, 6.07) is 11.8. The number of hydrogen-bond acceptors (Lipinski definition) is 6. The van der Waals surface area contributed by atoms with Gasteiger partial charge in [0.05, 0.1) is 31.0 Å². The van der Waals surface area contributed by atoms with E-state index in [0.29, 0.717) is 11.4 Å². The molecule has 0 aliphatic carbocycles. The van der Waals surface area contributed by atoms with Gasteiger partial charge in [-0.2, -0.15) is 0 Å². The monoisotopic (exact) mass is 422 g/mol. The van der Waals surface area contributed by atoms with Gasteiger partial charge in [0.1, 0.15) is 11.5 Å². The molecular weight excluding hydrogens is 403 g/mol. The third-order valence-corrected chi connectivity index (χ3v) is 4.40. The Morgan fingerprint density at radius 2 is 1.58 bits per heavy atom. The molecule has 1 heterocycles. The molecule has 2 aromatic rings. The molecule has 0 saturated heterocycles.